The molecule has 2 aliphatic rings. The molecule has 11 heteroatoms. The Morgan fingerprint density at radius 1 is 0.782 bits per heavy atom. The monoisotopic (exact) mass is 739 g/mol. The number of fused-ring (bicyclic) bond motifs is 1. The van der Waals surface area contributed by atoms with Crippen molar-refractivity contribution in [1.82, 2.24) is 19.8 Å². The van der Waals surface area contributed by atoms with Gasteiger partial charge in [0.25, 0.3) is 0 Å². The van der Waals surface area contributed by atoms with Crippen LogP contribution in [-0.2, 0) is 22.6 Å². The number of urea groups is 1. The average molecular weight is 740 g/mol. The van der Waals surface area contributed by atoms with Gasteiger partial charge >= 0.3 is 11.7 Å². The Hall–Kier alpha value is -5.72. The molecule has 0 saturated carbocycles. The molecule has 3 atom stereocenters. The van der Waals surface area contributed by atoms with Gasteiger partial charge < -0.3 is 39.8 Å². The van der Waals surface area contributed by atoms with Crippen LogP contribution in [0.15, 0.2) is 132 Å². The largest absolute Gasteiger partial charge is 0.457 e. The summed E-state index contributed by atoms with van der Waals surface area (Å²) in [4.78, 5) is 31.0. The molecule has 2 amide bonds. The first-order chi connectivity index (χ1) is 27.0. The number of rotatable bonds is 11. The minimum atomic E-state index is -0.581. The van der Waals surface area contributed by atoms with E-state index < -0.39 is 6.29 Å². The standard InChI is InChI=1S/C44H45N5O6/c50-29-31-12-14-32(15-13-31)41-26-38(28-48-24-22-35(23-25-48)49-40-9-5-4-8-39(40)47-44(49)52)54-42(55-41)33-16-10-30(11-17-33)27-45-43(51)46-34-18-20-37(21-19-34)53-36-6-2-1-3-7-36/h1-21,35,38,41-42,50H,22-29H2,(H,47,52)(H2,45,46,51)/t38-,41+,42+/m1/s1. The van der Waals surface area contributed by atoms with E-state index in [-0.39, 0.29) is 36.6 Å². The third-order valence-electron chi connectivity index (χ3n) is 10.4. The molecule has 0 aliphatic carbocycles. The van der Waals surface area contributed by atoms with E-state index in [1.807, 2.05) is 120 Å². The molecule has 8 rings (SSSR count). The first kappa shape index (κ1) is 36.3. The Morgan fingerprint density at radius 2 is 1.45 bits per heavy atom. The zero-order chi connectivity index (χ0) is 37.6. The number of piperidine rings is 1. The summed E-state index contributed by atoms with van der Waals surface area (Å²) in [7, 11) is 0. The van der Waals surface area contributed by atoms with Crippen LogP contribution in [0.3, 0.4) is 0 Å². The maximum Gasteiger partial charge on any atom is 0.326 e. The lowest BCUT2D eigenvalue weighted by atomic mass is 9.98. The molecule has 3 heterocycles. The van der Waals surface area contributed by atoms with Gasteiger partial charge in [-0.25, -0.2) is 9.59 Å². The molecule has 1 aromatic heterocycles. The van der Waals surface area contributed by atoms with Crippen molar-refractivity contribution >= 4 is 22.8 Å². The summed E-state index contributed by atoms with van der Waals surface area (Å²) in [6.07, 6.45) is 1.59. The van der Waals surface area contributed by atoms with Crippen LogP contribution in [0.4, 0.5) is 10.5 Å². The van der Waals surface area contributed by atoms with E-state index in [2.05, 4.69) is 20.5 Å². The quantitative estimate of drug-likeness (QED) is 0.107. The number of nitrogens with one attached hydrogen (secondary N) is 3. The van der Waals surface area contributed by atoms with E-state index >= 15 is 0 Å². The molecular formula is C44H45N5O6. The number of aromatic amines is 1. The van der Waals surface area contributed by atoms with E-state index in [0.29, 0.717) is 24.4 Å². The van der Waals surface area contributed by atoms with Gasteiger partial charge in [0.05, 0.1) is 29.8 Å². The van der Waals surface area contributed by atoms with Gasteiger partial charge in [0.15, 0.2) is 6.29 Å². The molecule has 2 saturated heterocycles. The topological polar surface area (TPSA) is 130 Å². The van der Waals surface area contributed by atoms with Crippen LogP contribution >= 0.6 is 0 Å². The Kier molecular flexibility index (Phi) is 11.0. The third kappa shape index (κ3) is 8.82. The van der Waals surface area contributed by atoms with Gasteiger partial charge in [-0.2, -0.15) is 0 Å². The van der Waals surface area contributed by atoms with Crippen molar-refractivity contribution in [2.45, 2.75) is 57.0 Å². The van der Waals surface area contributed by atoms with Crippen LogP contribution in [0, 0.1) is 0 Å². The molecule has 282 valence electrons. The molecule has 6 aromatic rings. The summed E-state index contributed by atoms with van der Waals surface area (Å²) >= 11 is 0. The minimum Gasteiger partial charge on any atom is -0.457 e. The molecule has 11 nitrogen and oxygen atoms in total. The average Bonchev–Trinajstić information content (AvgIpc) is 3.57. The van der Waals surface area contributed by atoms with E-state index in [1.54, 1.807) is 12.1 Å². The number of carbonyl (C=O) groups is 1. The molecule has 0 unspecified atom stereocenters. The van der Waals surface area contributed by atoms with E-state index in [4.69, 9.17) is 14.2 Å². The maximum absolute atomic E-state index is 12.8. The van der Waals surface area contributed by atoms with Crippen molar-refractivity contribution < 1.29 is 24.1 Å². The molecular weight excluding hydrogens is 695 g/mol. The summed E-state index contributed by atoms with van der Waals surface area (Å²) in [6.45, 7) is 2.81. The molecule has 0 spiro atoms. The number of aliphatic hydroxyl groups excluding tert-OH is 1. The smallest absolute Gasteiger partial charge is 0.326 e. The number of nitrogens with zero attached hydrogens (tertiary/aromatic N) is 2. The first-order valence-electron chi connectivity index (χ1n) is 18.9. The number of amides is 2. The molecule has 0 radical (unpaired) electrons. The van der Waals surface area contributed by atoms with Gasteiger partial charge in [-0.05, 0) is 78.1 Å². The highest BCUT2D eigenvalue weighted by atomic mass is 16.7. The van der Waals surface area contributed by atoms with Gasteiger partial charge in [-0.3, -0.25) is 4.57 Å². The van der Waals surface area contributed by atoms with Crippen LogP contribution in [0.5, 0.6) is 11.5 Å². The summed E-state index contributed by atoms with van der Waals surface area (Å²) in [5, 5.41) is 15.4. The lowest BCUT2D eigenvalue weighted by Crippen LogP contribution is -2.43. The molecule has 2 aliphatic heterocycles. The number of anilines is 1. The summed E-state index contributed by atoms with van der Waals surface area (Å²) in [5.41, 5.74) is 6.16. The van der Waals surface area contributed by atoms with Crippen molar-refractivity contribution in [3.8, 4) is 11.5 Å². The fourth-order valence-electron chi connectivity index (χ4n) is 7.50. The van der Waals surface area contributed by atoms with E-state index in [0.717, 1.165) is 71.5 Å². The Balaban J connectivity index is 0.879. The van der Waals surface area contributed by atoms with Crippen LogP contribution in [0.1, 0.15) is 60.0 Å². The molecule has 4 N–H and O–H groups in total. The number of imidazole rings is 1. The normalized spacial score (nSPS) is 19.3. The number of aromatic nitrogens is 2. The number of likely N-dealkylation sites (tertiary alicyclic amines) is 1. The van der Waals surface area contributed by atoms with Crippen molar-refractivity contribution in [2.75, 3.05) is 25.0 Å². The fraction of sp³-hybridized carbons (Fsp3) is 0.273. The van der Waals surface area contributed by atoms with Crippen molar-refractivity contribution in [2.24, 2.45) is 0 Å². The number of para-hydroxylation sites is 3. The van der Waals surface area contributed by atoms with Gasteiger partial charge in [0.2, 0.25) is 0 Å². The fourth-order valence-corrected chi connectivity index (χ4v) is 7.50. The highest BCUT2D eigenvalue weighted by Crippen LogP contribution is 2.39. The predicted molar refractivity (Wildman–Crippen MR) is 211 cm³/mol. The van der Waals surface area contributed by atoms with Crippen molar-refractivity contribution in [1.29, 1.82) is 0 Å². The number of aliphatic hydroxyl groups is 1. The lowest BCUT2D eigenvalue weighted by Gasteiger charge is -2.40. The summed E-state index contributed by atoms with van der Waals surface area (Å²) < 4.78 is 21.0. The van der Waals surface area contributed by atoms with E-state index in [9.17, 15) is 14.7 Å². The zero-order valence-corrected chi connectivity index (χ0v) is 30.5. The van der Waals surface area contributed by atoms with Crippen LogP contribution < -0.4 is 21.1 Å². The Morgan fingerprint density at radius 3 is 2.20 bits per heavy atom. The van der Waals surface area contributed by atoms with Gasteiger partial charge in [0.1, 0.15) is 11.5 Å². The lowest BCUT2D eigenvalue weighted by molar-refractivity contribution is -0.253. The van der Waals surface area contributed by atoms with Crippen LogP contribution in [-0.4, -0.2) is 51.3 Å². The highest BCUT2D eigenvalue weighted by molar-refractivity contribution is 5.89. The third-order valence-corrected chi connectivity index (χ3v) is 10.4. The molecule has 0 bridgehead atoms. The number of hydrogen-bond donors (Lipinski definition) is 4. The number of ether oxygens (including phenoxy) is 3. The number of H-pyrrole nitrogens is 1. The second kappa shape index (κ2) is 16.7. The molecule has 5 aromatic carbocycles. The first-order valence-corrected chi connectivity index (χ1v) is 18.9. The maximum atomic E-state index is 12.8. The van der Waals surface area contributed by atoms with E-state index in [1.165, 1.54) is 0 Å². The van der Waals surface area contributed by atoms with Gasteiger partial charge in [0, 0.05) is 49.9 Å². The summed E-state index contributed by atoms with van der Waals surface area (Å²) in [6, 6.07) is 40.3. The molecule has 2 fully saturated rings. The number of carbonyl (C=O) groups excluding carboxylic acids is 1. The number of benzene rings is 5. The van der Waals surface area contributed by atoms with Crippen molar-refractivity contribution in [3.63, 3.8) is 0 Å². The highest BCUT2D eigenvalue weighted by Gasteiger charge is 2.34. The minimum absolute atomic E-state index is 0.0125. The molecule has 55 heavy (non-hydrogen) atoms. The second-order valence-electron chi connectivity index (χ2n) is 14.2. The number of hydrogen-bond acceptors (Lipinski definition) is 7. The summed E-state index contributed by atoms with van der Waals surface area (Å²) in [5.74, 6) is 1.43. The Bertz CT molecular complexity index is 2230. The van der Waals surface area contributed by atoms with Crippen LogP contribution in [0.25, 0.3) is 11.0 Å². The predicted octanol–water partition coefficient (Wildman–Crippen LogP) is 7.82. The zero-order valence-electron chi connectivity index (χ0n) is 30.5. The Labute approximate surface area is 319 Å². The van der Waals surface area contributed by atoms with Gasteiger partial charge in [-0.15, -0.1) is 0 Å². The van der Waals surface area contributed by atoms with Gasteiger partial charge in [-0.1, -0.05) is 78.9 Å². The van der Waals surface area contributed by atoms with Crippen LogP contribution in [0.2, 0.25) is 0 Å². The second-order valence-corrected chi connectivity index (χ2v) is 14.2. The SMILES string of the molecule is O=C(NCc1ccc([C@H]2O[C@@H](CN3CCC(n4c(=O)[nH]c5ccccc54)CC3)C[C@@H](c3ccc(CO)cc3)O2)cc1)Nc1ccc(Oc2ccccc2)cc1. The van der Waals surface area contributed by atoms with Crippen molar-refractivity contribution in [3.05, 3.63) is 160 Å².